The molecule has 4 aliphatic heterocycles. The van der Waals surface area contributed by atoms with Crippen LogP contribution in [0.2, 0.25) is 0 Å². The molecule has 25 heteroatoms. The van der Waals surface area contributed by atoms with Gasteiger partial charge >= 0.3 is 29.8 Å². The average molecular weight is 1120 g/mol. The van der Waals surface area contributed by atoms with E-state index in [0.717, 1.165) is 79.2 Å². The standard InChI is InChI=1S/C51H76O23S2/c1-24-14-17-51(62-21-24)25(2)39-36(74-51)19-34-33-13-12-31-18-32(15-16-49(31,8)40(33)35(57)20-50(34,39)9)70-47-45(68-29(6)55)44(67-28(5)54)42(38(71-47)23-64-76(11,60)61)73-48-46(69-30(7)56)43(66-27(4)53)41(65-26(3)52)37(72-48)22-63-75(10,58)59/h24-25,31-34,36-48H,12-23H2,1-11H3/t24-,25+,31+,32+,33+,34+,36?,37-,38-,39?,40-,41-,42-,43+,44+,45-,46-,47-,48+,49+,50+,51-/m1/s1. The van der Waals surface area contributed by atoms with Gasteiger partial charge in [0.15, 0.2) is 48.9 Å². The maximum Gasteiger partial charge on any atom is 0.303 e. The quantitative estimate of drug-likeness (QED) is 0.0982. The SMILES string of the molecule is CC(=O)O[C@@H]1[C@@H](OC(C)=O)[C@H](O[C@H]2[C@H](OC(C)=O)[C@@H](OC(C)=O)[C@H](O[C@H]3CC[C@@]4(C)[C@@H](CC[C@@H]5[C@@H]4C(=O)C[C@]4(C)C6C(C[C@@H]54)O[C@]4(CC[C@@H](C)CO4)[C@H]6C)C3)O[C@@H]2COS(C)(=O)=O)O[C@H](COS(C)(=O)=O)[C@H]1OC(C)=O. The van der Waals surface area contributed by atoms with Crippen molar-refractivity contribution < 1.29 is 106 Å². The van der Waals surface area contributed by atoms with Gasteiger partial charge in [-0.2, -0.15) is 16.8 Å². The van der Waals surface area contributed by atoms with Gasteiger partial charge in [-0.1, -0.05) is 27.7 Å². The molecule has 1 spiro atoms. The summed E-state index contributed by atoms with van der Waals surface area (Å²) in [4.78, 5) is 78.7. The van der Waals surface area contributed by atoms with Crippen molar-refractivity contribution in [3.63, 3.8) is 0 Å². The lowest BCUT2D eigenvalue weighted by atomic mass is 9.44. The van der Waals surface area contributed by atoms with Gasteiger partial charge in [0.2, 0.25) is 0 Å². The minimum Gasteiger partial charge on any atom is -0.456 e. The molecular formula is C51H76O23S2. The van der Waals surface area contributed by atoms with Gasteiger partial charge in [0.1, 0.15) is 24.1 Å². The van der Waals surface area contributed by atoms with E-state index in [4.69, 9.17) is 60.5 Å². The summed E-state index contributed by atoms with van der Waals surface area (Å²) in [5.41, 5.74) is -0.595. The van der Waals surface area contributed by atoms with Crippen LogP contribution in [-0.4, -0.2) is 164 Å². The molecule has 4 heterocycles. The normalized spacial score (nSPS) is 44.1. The van der Waals surface area contributed by atoms with Crippen molar-refractivity contribution in [1.29, 1.82) is 0 Å². The van der Waals surface area contributed by atoms with Crippen molar-refractivity contribution in [2.24, 2.45) is 52.3 Å². The predicted octanol–water partition coefficient (Wildman–Crippen LogP) is 3.44. The van der Waals surface area contributed by atoms with Gasteiger partial charge < -0.3 is 52.1 Å². The van der Waals surface area contributed by atoms with E-state index in [-0.39, 0.29) is 52.3 Å². The number of fused-ring (bicyclic) bond motifs is 7. The van der Waals surface area contributed by atoms with Crippen LogP contribution in [0.1, 0.15) is 120 Å². The van der Waals surface area contributed by atoms with E-state index in [1.165, 1.54) is 0 Å². The summed E-state index contributed by atoms with van der Waals surface area (Å²) in [6, 6.07) is 0. The molecule has 8 rings (SSSR count). The molecule has 4 aliphatic carbocycles. The minimum atomic E-state index is -4.24. The molecule has 0 amide bonds. The molecular weight excluding hydrogens is 1040 g/mol. The van der Waals surface area contributed by atoms with Gasteiger partial charge in [0.05, 0.1) is 44.5 Å². The molecule has 2 unspecified atom stereocenters. The van der Waals surface area contributed by atoms with Gasteiger partial charge in [0, 0.05) is 59.3 Å². The summed E-state index contributed by atoms with van der Waals surface area (Å²) in [6.45, 7) is 13.1. The predicted molar refractivity (Wildman–Crippen MR) is 259 cm³/mol. The molecule has 0 N–H and O–H groups in total. The number of carbonyl (C=O) groups is 6. The molecule has 23 nitrogen and oxygen atoms in total. The van der Waals surface area contributed by atoms with Crippen molar-refractivity contribution >= 4 is 55.9 Å². The van der Waals surface area contributed by atoms with Crippen LogP contribution in [0.5, 0.6) is 0 Å². The molecule has 8 fully saturated rings. The summed E-state index contributed by atoms with van der Waals surface area (Å²) in [5.74, 6) is -3.87. The monoisotopic (exact) mass is 1120 g/mol. The van der Waals surface area contributed by atoms with E-state index in [1.54, 1.807) is 0 Å². The summed E-state index contributed by atoms with van der Waals surface area (Å²) < 4.78 is 127. The van der Waals surface area contributed by atoms with Crippen LogP contribution < -0.4 is 0 Å². The zero-order valence-corrected chi connectivity index (χ0v) is 46.8. The van der Waals surface area contributed by atoms with Crippen molar-refractivity contribution in [3.8, 4) is 0 Å². The van der Waals surface area contributed by atoms with Crippen LogP contribution in [0, 0.1) is 52.3 Å². The summed E-state index contributed by atoms with van der Waals surface area (Å²) in [5, 5.41) is 0. The summed E-state index contributed by atoms with van der Waals surface area (Å²) in [6.07, 6.45) is -9.87. The number of hydrogen-bond acceptors (Lipinski definition) is 23. The van der Waals surface area contributed by atoms with Crippen molar-refractivity contribution in [3.05, 3.63) is 0 Å². The second-order valence-corrected chi connectivity index (χ2v) is 26.5. The number of hydrogen-bond donors (Lipinski definition) is 0. The third kappa shape index (κ3) is 12.2. The van der Waals surface area contributed by atoms with Crippen LogP contribution in [0.25, 0.3) is 0 Å². The van der Waals surface area contributed by atoms with E-state index in [9.17, 15) is 45.6 Å². The molecule has 0 radical (unpaired) electrons. The van der Waals surface area contributed by atoms with Crippen molar-refractivity contribution in [2.75, 3.05) is 32.3 Å². The number of esters is 5. The van der Waals surface area contributed by atoms with Crippen LogP contribution in [0.15, 0.2) is 0 Å². The Kier molecular flexibility index (Phi) is 17.2. The topological polar surface area (TPSA) is 291 Å². The van der Waals surface area contributed by atoms with Crippen LogP contribution in [0.4, 0.5) is 0 Å². The highest BCUT2D eigenvalue weighted by Gasteiger charge is 2.71. The number of ether oxygens (including phenoxy) is 11. The lowest BCUT2D eigenvalue weighted by Gasteiger charge is -2.60. The molecule has 22 atom stereocenters. The van der Waals surface area contributed by atoms with Crippen molar-refractivity contribution in [1.82, 2.24) is 0 Å². The fraction of sp³-hybridized carbons (Fsp3) is 0.882. The Morgan fingerprint density at radius 3 is 1.66 bits per heavy atom. The Morgan fingerprint density at radius 1 is 0.618 bits per heavy atom. The molecule has 8 aliphatic rings. The third-order valence-corrected chi connectivity index (χ3v) is 18.9. The lowest BCUT2D eigenvalue weighted by molar-refractivity contribution is -0.364. The van der Waals surface area contributed by atoms with E-state index in [2.05, 4.69) is 27.7 Å². The molecule has 4 saturated heterocycles. The maximum absolute atomic E-state index is 14.9. The highest BCUT2D eigenvalue weighted by atomic mass is 32.2. The Morgan fingerprint density at radius 2 is 1.13 bits per heavy atom. The molecule has 0 bridgehead atoms. The number of ketones is 1. The first-order chi connectivity index (χ1) is 35.4. The fourth-order valence-electron chi connectivity index (χ4n) is 14.9. The second-order valence-electron chi connectivity index (χ2n) is 23.2. The maximum atomic E-state index is 14.9. The fourth-order valence-corrected chi connectivity index (χ4v) is 15.7. The van der Waals surface area contributed by atoms with E-state index >= 15 is 0 Å². The third-order valence-electron chi connectivity index (χ3n) is 17.8. The smallest absolute Gasteiger partial charge is 0.303 e. The zero-order valence-electron chi connectivity index (χ0n) is 45.2. The largest absolute Gasteiger partial charge is 0.456 e. The highest BCUT2D eigenvalue weighted by Crippen LogP contribution is 2.70. The highest BCUT2D eigenvalue weighted by molar-refractivity contribution is 7.86. The van der Waals surface area contributed by atoms with Crippen LogP contribution >= 0.6 is 0 Å². The lowest BCUT2D eigenvalue weighted by Crippen LogP contribution is -2.67. The Hall–Kier alpha value is -3.40. The van der Waals surface area contributed by atoms with Gasteiger partial charge in [-0.25, -0.2) is 0 Å². The van der Waals surface area contributed by atoms with Crippen LogP contribution in [0.3, 0.4) is 0 Å². The molecule has 76 heavy (non-hydrogen) atoms. The number of rotatable bonds is 15. The minimum absolute atomic E-state index is 0.0223. The van der Waals surface area contributed by atoms with Gasteiger partial charge in [-0.05, 0) is 85.4 Å². The summed E-state index contributed by atoms with van der Waals surface area (Å²) in [7, 11) is -8.45. The average Bonchev–Trinajstić information content (AvgIpc) is 3.74. The molecule has 0 aromatic heterocycles. The first-order valence-corrected chi connectivity index (χ1v) is 30.1. The molecule has 4 saturated carbocycles. The molecule has 430 valence electrons. The Balaban J connectivity index is 1.06. The van der Waals surface area contributed by atoms with Gasteiger partial charge in [-0.15, -0.1) is 0 Å². The van der Waals surface area contributed by atoms with E-state index < -0.39 is 137 Å². The van der Waals surface area contributed by atoms with E-state index in [1.807, 2.05) is 0 Å². The molecule has 0 aromatic rings. The Bertz CT molecular complexity index is 2440. The van der Waals surface area contributed by atoms with Crippen molar-refractivity contribution in [2.45, 2.75) is 200 Å². The van der Waals surface area contributed by atoms with Gasteiger partial charge in [0.25, 0.3) is 20.2 Å². The zero-order chi connectivity index (χ0) is 55.6. The van der Waals surface area contributed by atoms with Gasteiger partial charge in [-0.3, -0.25) is 37.1 Å². The second kappa shape index (κ2) is 22.3. The van der Waals surface area contributed by atoms with E-state index in [0.29, 0.717) is 44.1 Å². The summed E-state index contributed by atoms with van der Waals surface area (Å²) >= 11 is 0. The molecule has 0 aromatic carbocycles. The Labute approximate surface area is 444 Å². The number of carbonyl (C=O) groups excluding carboxylic acids is 6. The number of Topliss-reactive ketones (excluding diaryl/α,β-unsaturated/α-hetero) is 1. The first-order valence-electron chi connectivity index (χ1n) is 26.4. The van der Waals surface area contributed by atoms with Crippen LogP contribution in [-0.2, 0) is 109 Å². The first kappa shape index (κ1) is 58.7.